The van der Waals surface area contributed by atoms with Crippen molar-refractivity contribution in [3.8, 4) is 5.88 Å². The van der Waals surface area contributed by atoms with Crippen LogP contribution in [0.2, 0.25) is 5.02 Å². The van der Waals surface area contributed by atoms with E-state index in [1.807, 2.05) is 0 Å². The summed E-state index contributed by atoms with van der Waals surface area (Å²) < 4.78 is 19.6. The fourth-order valence-corrected chi connectivity index (χ4v) is 2.95. The van der Waals surface area contributed by atoms with Crippen LogP contribution in [0.4, 0.5) is 10.1 Å². The minimum absolute atomic E-state index is 0.0627. The first-order valence-corrected chi connectivity index (χ1v) is 8.47. The van der Waals surface area contributed by atoms with Gasteiger partial charge in [0.15, 0.2) is 0 Å². The molecule has 0 saturated carbocycles. The molecule has 2 aromatic rings. The number of carbonyl (C=O) groups is 1. The molecule has 1 fully saturated rings. The predicted molar refractivity (Wildman–Crippen MR) is 94.7 cm³/mol. The number of hydrogen-bond donors (Lipinski definition) is 1. The number of ether oxygens (including phenoxy) is 1. The molecule has 1 aliphatic rings. The van der Waals surface area contributed by atoms with Crippen molar-refractivity contribution < 1.29 is 13.9 Å². The lowest BCUT2D eigenvalue weighted by molar-refractivity contribution is 0.102. The summed E-state index contributed by atoms with van der Waals surface area (Å²) in [5, 5.41) is 2.65. The van der Waals surface area contributed by atoms with Gasteiger partial charge in [-0.3, -0.25) is 4.79 Å². The highest BCUT2D eigenvalue weighted by Gasteiger charge is 2.19. The number of pyridine rings is 1. The van der Waals surface area contributed by atoms with Crippen LogP contribution in [0.25, 0.3) is 0 Å². The monoisotopic (exact) mass is 363 g/mol. The molecule has 0 radical (unpaired) electrons. The fraction of sp³-hybridized carbons (Fsp3) is 0.333. The zero-order chi connectivity index (χ0) is 17.8. The lowest BCUT2D eigenvalue weighted by Gasteiger charge is -2.28. The summed E-state index contributed by atoms with van der Waals surface area (Å²) in [4.78, 5) is 18.7. The first kappa shape index (κ1) is 17.6. The van der Waals surface area contributed by atoms with Crippen LogP contribution in [0.15, 0.2) is 36.5 Å². The quantitative estimate of drug-likeness (QED) is 0.901. The van der Waals surface area contributed by atoms with Crippen molar-refractivity contribution in [2.45, 2.75) is 18.9 Å². The average molecular weight is 364 g/mol. The van der Waals surface area contributed by atoms with Crippen LogP contribution < -0.4 is 10.1 Å². The Morgan fingerprint density at radius 3 is 2.72 bits per heavy atom. The lowest BCUT2D eigenvalue weighted by atomic mass is 10.1. The van der Waals surface area contributed by atoms with Crippen molar-refractivity contribution in [2.24, 2.45) is 0 Å². The molecule has 3 rings (SSSR count). The number of halogens is 2. The normalized spacial score (nSPS) is 15.8. The largest absolute Gasteiger partial charge is 0.474 e. The maximum absolute atomic E-state index is 13.8. The minimum Gasteiger partial charge on any atom is -0.474 e. The van der Waals surface area contributed by atoms with Gasteiger partial charge in [0.2, 0.25) is 5.88 Å². The maximum atomic E-state index is 13.8. The van der Waals surface area contributed by atoms with Crippen molar-refractivity contribution >= 4 is 23.2 Å². The van der Waals surface area contributed by atoms with E-state index >= 15 is 0 Å². The van der Waals surface area contributed by atoms with Gasteiger partial charge in [-0.15, -0.1) is 0 Å². The highest BCUT2D eigenvalue weighted by molar-refractivity contribution is 6.34. The van der Waals surface area contributed by atoms with Crippen molar-refractivity contribution in [3.63, 3.8) is 0 Å². The van der Waals surface area contributed by atoms with E-state index in [4.69, 9.17) is 16.3 Å². The van der Waals surface area contributed by atoms with Gasteiger partial charge in [-0.25, -0.2) is 9.37 Å². The Morgan fingerprint density at radius 2 is 2.08 bits per heavy atom. The zero-order valence-corrected chi connectivity index (χ0v) is 14.6. The summed E-state index contributed by atoms with van der Waals surface area (Å²) in [5.41, 5.74) is 0.260. The van der Waals surface area contributed by atoms with Gasteiger partial charge in [0.25, 0.3) is 5.91 Å². The van der Waals surface area contributed by atoms with E-state index in [1.165, 1.54) is 24.4 Å². The highest BCUT2D eigenvalue weighted by atomic mass is 35.5. The summed E-state index contributed by atoms with van der Waals surface area (Å²) in [5.74, 6) is -0.773. The van der Waals surface area contributed by atoms with Crippen molar-refractivity contribution in [3.05, 3.63) is 52.9 Å². The van der Waals surface area contributed by atoms with E-state index in [0.717, 1.165) is 25.9 Å². The van der Waals surface area contributed by atoms with Gasteiger partial charge in [0, 0.05) is 19.2 Å². The Bertz CT molecular complexity index is 726. The van der Waals surface area contributed by atoms with Gasteiger partial charge < -0.3 is 15.0 Å². The predicted octanol–water partition coefficient (Wildman–Crippen LogP) is 3.60. The van der Waals surface area contributed by atoms with Crippen LogP contribution in [-0.4, -0.2) is 42.0 Å². The van der Waals surface area contributed by atoms with E-state index in [0.29, 0.717) is 11.6 Å². The maximum Gasteiger partial charge on any atom is 0.260 e. The zero-order valence-electron chi connectivity index (χ0n) is 13.8. The average Bonchev–Trinajstić information content (AvgIpc) is 2.58. The topological polar surface area (TPSA) is 54.5 Å². The number of piperidine rings is 1. The number of rotatable bonds is 4. The fourth-order valence-electron chi connectivity index (χ4n) is 2.71. The van der Waals surface area contributed by atoms with Crippen LogP contribution in [0.3, 0.4) is 0 Å². The Labute approximate surface area is 150 Å². The molecule has 1 aromatic heterocycles. The van der Waals surface area contributed by atoms with Gasteiger partial charge in [-0.05, 0) is 38.1 Å². The molecule has 5 nitrogen and oxygen atoms in total. The van der Waals surface area contributed by atoms with Crippen molar-refractivity contribution in [2.75, 3.05) is 25.5 Å². The second-order valence-corrected chi connectivity index (χ2v) is 6.46. The number of likely N-dealkylation sites (tertiary alicyclic amines) is 1. The highest BCUT2D eigenvalue weighted by Crippen LogP contribution is 2.22. The summed E-state index contributed by atoms with van der Waals surface area (Å²) >= 11 is 5.89. The van der Waals surface area contributed by atoms with E-state index in [2.05, 4.69) is 22.2 Å². The molecule has 1 N–H and O–H groups in total. The first-order valence-electron chi connectivity index (χ1n) is 8.09. The second kappa shape index (κ2) is 7.80. The smallest absolute Gasteiger partial charge is 0.260 e. The van der Waals surface area contributed by atoms with Crippen LogP contribution in [0.5, 0.6) is 5.88 Å². The minimum atomic E-state index is -0.667. The number of benzene rings is 1. The third kappa shape index (κ3) is 4.46. The van der Waals surface area contributed by atoms with Gasteiger partial charge in [0.1, 0.15) is 11.9 Å². The number of hydrogen-bond acceptors (Lipinski definition) is 4. The van der Waals surface area contributed by atoms with E-state index in [1.54, 1.807) is 12.1 Å². The third-order valence-electron chi connectivity index (χ3n) is 4.14. The summed E-state index contributed by atoms with van der Waals surface area (Å²) in [6.45, 7) is 2.00. The number of carbonyl (C=O) groups excluding carboxylic acids is 1. The summed E-state index contributed by atoms with van der Waals surface area (Å²) in [7, 11) is 2.09. The number of anilines is 1. The molecule has 1 saturated heterocycles. The molecule has 1 aromatic carbocycles. The van der Waals surface area contributed by atoms with E-state index < -0.39 is 11.7 Å². The number of aromatic nitrogens is 1. The van der Waals surface area contributed by atoms with Crippen LogP contribution >= 0.6 is 11.6 Å². The Hall–Kier alpha value is -2.18. The van der Waals surface area contributed by atoms with Gasteiger partial charge in [-0.1, -0.05) is 17.7 Å². The standard InChI is InChI=1S/C18H19ClFN3O2/c1-23-9-7-13(8-10-23)25-16-6-5-12(11-21-16)22-18(24)17-14(19)3-2-4-15(17)20/h2-6,11,13H,7-10H2,1H3,(H,22,24). The second-order valence-electron chi connectivity index (χ2n) is 6.06. The Morgan fingerprint density at radius 1 is 1.32 bits per heavy atom. The van der Waals surface area contributed by atoms with E-state index in [9.17, 15) is 9.18 Å². The molecular formula is C18H19ClFN3O2. The van der Waals surface area contributed by atoms with E-state index in [-0.39, 0.29) is 16.7 Å². The first-order chi connectivity index (χ1) is 12.0. The van der Waals surface area contributed by atoms with Crippen molar-refractivity contribution in [1.82, 2.24) is 9.88 Å². The number of nitrogens with zero attached hydrogens (tertiary/aromatic N) is 2. The molecule has 0 bridgehead atoms. The molecule has 25 heavy (non-hydrogen) atoms. The van der Waals surface area contributed by atoms with Crippen LogP contribution in [-0.2, 0) is 0 Å². The molecule has 1 aliphatic heterocycles. The Balaban J connectivity index is 1.62. The molecule has 0 spiro atoms. The molecule has 132 valence electrons. The summed E-state index contributed by atoms with van der Waals surface area (Å²) in [6.07, 6.45) is 3.56. The van der Waals surface area contributed by atoms with Crippen LogP contribution in [0.1, 0.15) is 23.2 Å². The van der Waals surface area contributed by atoms with Gasteiger partial charge in [-0.2, -0.15) is 0 Å². The number of amides is 1. The van der Waals surface area contributed by atoms with Gasteiger partial charge in [0.05, 0.1) is 22.5 Å². The van der Waals surface area contributed by atoms with Crippen LogP contribution in [0, 0.1) is 5.82 Å². The molecule has 1 amide bonds. The molecule has 0 unspecified atom stereocenters. The molecular weight excluding hydrogens is 345 g/mol. The Kier molecular flexibility index (Phi) is 5.50. The van der Waals surface area contributed by atoms with Crippen molar-refractivity contribution in [1.29, 1.82) is 0 Å². The molecule has 0 atom stereocenters. The summed E-state index contributed by atoms with van der Waals surface area (Å²) in [6, 6.07) is 7.47. The molecule has 2 heterocycles. The molecule has 0 aliphatic carbocycles. The number of nitrogens with one attached hydrogen (secondary N) is 1. The SMILES string of the molecule is CN1CCC(Oc2ccc(NC(=O)c3c(F)cccc3Cl)cn2)CC1. The molecule has 7 heteroatoms. The lowest BCUT2D eigenvalue weighted by Crippen LogP contribution is -2.35. The third-order valence-corrected chi connectivity index (χ3v) is 4.45. The van der Waals surface area contributed by atoms with Gasteiger partial charge >= 0.3 is 0 Å².